The zero-order valence-electron chi connectivity index (χ0n) is 12.4. The van der Waals surface area contributed by atoms with Gasteiger partial charge in [-0.25, -0.2) is 4.39 Å². The number of ether oxygens (including phenoxy) is 1. The fourth-order valence-corrected chi connectivity index (χ4v) is 3.25. The highest BCUT2D eigenvalue weighted by Gasteiger charge is 2.31. The Morgan fingerprint density at radius 2 is 2.00 bits per heavy atom. The molecule has 112 valence electrons. The van der Waals surface area contributed by atoms with Crippen molar-refractivity contribution < 1.29 is 9.13 Å². The third-order valence-corrected chi connectivity index (χ3v) is 4.45. The van der Waals surface area contributed by atoms with Gasteiger partial charge in [0.25, 0.3) is 0 Å². The lowest BCUT2D eigenvalue weighted by Gasteiger charge is -2.34. The van der Waals surface area contributed by atoms with E-state index < -0.39 is 0 Å². The topological polar surface area (TPSA) is 47.3 Å². The number of benzene rings is 1. The van der Waals surface area contributed by atoms with Crippen LogP contribution in [0.2, 0.25) is 0 Å². The highest BCUT2D eigenvalue weighted by molar-refractivity contribution is 5.26. The summed E-state index contributed by atoms with van der Waals surface area (Å²) in [5.74, 6) is 6.02. The first-order valence-corrected chi connectivity index (χ1v) is 7.42. The number of nitrogens with one attached hydrogen (secondary N) is 1. The molecule has 2 rings (SSSR count). The van der Waals surface area contributed by atoms with Gasteiger partial charge in [-0.2, -0.15) is 0 Å². The summed E-state index contributed by atoms with van der Waals surface area (Å²) >= 11 is 0. The van der Waals surface area contributed by atoms with Gasteiger partial charge < -0.3 is 4.74 Å². The Labute approximate surface area is 120 Å². The number of nitrogens with two attached hydrogens (primary N) is 1. The lowest BCUT2D eigenvalue weighted by atomic mass is 9.81. The zero-order valence-corrected chi connectivity index (χ0v) is 12.4. The van der Waals surface area contributed by atoms with Crippen LogP contribution in [-0.2, 0) is 4.74 Å². The molecular weight excluding hydrogens is 255 g/mol. The maximum Gasteiger partial charge on any atom is 0.126 e. The van der Waals surface area contributed by atoms with Gasteiger partial charge in [0, 0.05) is 7.11 Å². The molecule has 20 heavy (non-hydrogen) atoms. The van der Waals surface area contributed by atoms with E-state index in [4.69, 9.17) is 10.6 Å². The molecule has 0 heterocycles. The molecule has 0 spiro atoms. The molecule has 1 aliphatic carbocycles. The summed E-state index contributed by atoms with van der Waals surface area (Å²) in [5.41, 5.74) is 4.33. The summed E-state index contributed by atoms with van der Waals surface area (Å²) in [6, 6.07) is 5.12. The van der Waals surface area contributed by atoms with E-state index >= 15 is 0 Å². The minimum atomic E-state index is -0.193. The van der Waals surface area contributed by atoms with Crippen molar-refractivity contribution in [2.75, 3.05) is 7.11 Å². The number of hydrogen-bond acceptors (Lipinski definition) is 3. The van der Waals surface area contributed by atoms with Crippen molar-refractivity contribution in [3.05, 3.63) is 35.1 Å². The second kappa shape index (κ2) is 7.16. The average Bonchev–Trinajstić information content (AvgIpc) is 2.48. The SMILES string of the molecule is COC(C1CCCCC1)C(NN)c1ccc(C)c(F)c1. The van der Waals surface area contributed by atoms with Gasteiger partial charge in [-0.05, 0) is 42.9 Å². The van der Waals surface area contributed by atoms with Gasteiger partial charge in [0.05, 0.1) is 12.1 Å². The van der Waals surface area contributed by atoms with Crippen LogP contribution >= 0.6 is 0 Å². The van der Waals surface area contributed by atoms with Crippen LogP contribution in [0.25, 0.3) is 0 Å². The van der Waals surface area contributed by atoms with Crippen LogP contribution in [0, 0.1) is 18.7 Å². The molecule has 0 saturated heterocycles. The van der Waals surface area contributed by atoms with Gasteiger partial charge in [0.1, 0.15) is 5.82 Å². The Bertz CT molecular complexity index is 432. The summed E-state index contributed by atoms with van der Waals surface area (Å²) in [5, 5.41) is 0. The van der Waals surface area contributed by atoms with Crippen LogP contribution in [0.15, 0.2) is 18.2 Å². The second-order valence-electron chi connectivity index (χ2n) is 5.75. The molecule has 1 aromatic rings. The largest absolute Gasteiger partial charge is 0.379 e. The first-order valence-electron chi connectivity index (χ1n) is 7.42. The first-order chi connectivity index (χ1) is 9.67. The van der Waals surface area contributed by atoms with E-state index in [2.05, 4.69) is 5.43 Å². The van der Waals surface area contributed by atoms with Crippen molar-refractivity contribution in [2.45, 2.75) is 51.2 Å². The fraction of sp³-hybridized carbons (Fsp3) is 0.625. The first kappa shape index (κ1) is 15.4. The highest BCUT2D eigenvalue weighted by atomic mass is 19.1. The molecule has 0 aliphatic heterocycles. The van der Waals surface area contributed by atoms with E-state index in [-0.39, 0.29) is 18.0 Å². The molecule has 1 fully saturated rings. The fourth-order valence-electron chi connectivity index (χ4n) is 3.25. The molecule has 0 aromatic heterocycles. The Balaban J connectivity index is 2.21. The Hall–Kier alpha value is -0.970. The number of hydrazine groups is 1. The van der Waals surface area contributed by atoms with Crippen LogP contribution in [0.1, 0.15) is 49.3 Å². The van der Waals surface area contributed by atoms with Gasteiger partial charge in [-0.3, -0.25) is 11.3 Å². The molecule has 4 heteroatoms. The van der Waals surface area contributed by atoms with Gasteiger partial charge in [0.15, 0.2) is 0 Å². The van der Waals surface area contributed by atoms with Gasteiger partial charge >= 0.3 is 0 Å². The summed E-state index contributed by atoms with van der Waals surface area (Å²) in [4.78, 5) is 0. The Morgan fingerprint density at radius 3 is 2.55 bits per heavy atom. The molecule has 1 aromatic carbocycles. The summed E-state index contributed by atoms with van der Waals surface area (Å²) < 4.78 is 19.5. The lowest BCUT2D eigenvalue weighted by Crippen LogP contribution is -2.42. The van der Waals surface area contributed by atoms with E-state index in [1.165, 1.54) is 19.3 Å². The van der Waals surface area contributed by atoms with Crippen molar-refractivity contribution in [1.29, 1.82) is 0 Å². The monoisotopic (exact) mass is 280 g/mol. The molecular formula is C16H25FN2O. The van der Waals surface area contributed by atoms with E-state index in [0.29, 0.717) is 11.5 Å². The number of aryl methyl sites for hydroxylation is 1. The molecule has 0 bridgehead atoms. The van der Waals surface area contributed by atoms with Gasteiger partial charge in [0.2, 0.25) is 0 Å². The van der Waals surface area contributed by atoms with E-state index in [0.717, 1.165) is 18.4 Å². The normalized spacial score (nSPS) is 19.8. The quantitative estimate of drug-likeness (QED) is 0.643. The lowest BCUT2D eigenvalue weighted by molar-refractivity contribution is 0.00743. The molecule has 2 unspecified atom stereocenters. The maximum absolute atomic E-state index is 13.8. The predicted molar refractivity (Wildman–Crippen MR) is 78.6 cm³/mol. The van der Waals surface area contributed by atoms with Crippen molar-refractivity contribution in [1.82, 2.24) is 5.43 Å². The molecule has 1 aliphatic rings. The second-order valence-corrected chi connectivity index (χ2v) is 5.75. The smallest absolute Gasteiger partial charge is 0.126 e. The third-order valence-electron chi connectivity index (χ3n) is 4.45. The highest BCUT2D eigenvalue weighted by Crippen LogP contribution is 2.34. The summed E-state index contributed by atoms with van der Waals surface area (Å²) in [6.07, 6.45) is 6.08. The molecule has 0 amide bonds. The summed E-state index contributed by atoms with van der Waals surface area (Å²) in [7, 11) is 1.72. The van der Waals surface area contributed by atoms with Crippen molar-refractivity contribution in [2.24, 2.45) is 11.8 Å². The van der Waals surface area contributed by atoms with Crippen LogP contribution in [0.3, 0.4) is 0 Å². The molecule has 0 radical (unpaired) electrons. The average molecular weight is 280 g/mol. The van der Waals surface area contributed by atoms with Crippen LogP contribution < -0.4 is 11.3 Å². The molecule has 3 nitrogen and oxygen atoms in total. The minimum absolute atomic E-state index is 0.0117. The number of hydrogen-bond donors (Lipinski definition) is 2. The van der Waals surface area contributed by atoms with E-state index in [1.54, 1.807) is 26.2 Å². The van der Waals surface area contributed by atoms with Gasteiger partial charge in [-0.15, -0.1) is 0 Å². The summed E-state index contributed by atoms with van der Waals surface area (Å²) in [6.45, 7) is 1.76. The van der Waals surface area contributed by atoms with Crippen molar-refractivity contribution in [3.63, 3.8) is 0 Å². The van der Waals surface area contributed by atoms with Crippen molar-refractivity contribution in [3.8, 4) is 0 Å². The molecule has 3 N–H and O–H groups in total. The van der Waals surface area contributed by atoms with E-state index in [9.17, 15) is 4.39 Å². The van der Waals surface area contributed by atoms with Crippen molar-refractivity contribution >= 4 is 0 Å². The van der Waals surface area contributed by atoms with Crippen LogP contribution in [0.4, 0.5) is 4.39 Å². The standard InChI is InChI=1S/C16H25FN2O/c1-11-8-9-13(10-14(11)17)15(19-18)16(20-2)12-6-4-3-5-7-12/h8-10,12,15-16,19H,3-7,18H2,1-2H3. The number of rotatable bonds is 5. The maximum atomic E-state index is 13.8. The Morgan fingerprint density at radius 1 is 1.30 bits per heavy atom. The minimum Gasteiger partial charge on any atom is -0.379 e. The zero-order chi connectivity index (χ0) is 14.5. The van der Waals surface area contributed by atoms with Crippen LogP contribution in [-0.4, -0.2) is 13.2 Å². The predicted octanol–water partition coefficient (Wildman–Crippen LogP) is 3.23. The Kier molecular flexibility index (Phi) is 5.52. The third kappa shape index (κ3) is 3.37. The number of methoxy groups -OCH3 is 1. The number of halogens is 1. The molecule has 2 atom stereocenters. The van der Waals surface area contributed by atoms with Gasteiger partial charge in [-0.1, -0.05) is 31.4 Å². The van der Waals surface area contributed by atoms with Crippen LogP contribution in [0.5, 0.6) is 0 Å². The molecule has 1 saturated carbocycles. The van der Waals surface area contributed by atoms with E-state index in [1.807, 2.05) is 6.07 Å².